The third kappa shape index (κ3) is 4.74. The largest absolute Gasteiger partial charge is 0.478 e. The van der Waals surface area contributed by atoms with Crippen molar-refractivity contribution in [2.45, 2.75) is 6.92 Å². The fraction of sp³-hybridized carbons (Fsp3) is 0.176. The fourth-order valence-corrected chi connectivity index (χ4v) is 3.24. The first kappa shape index (κ1) is 18.8. The Balaban J connectivity index is 0.000000399. The van der Waals surface area contributed by atoms with Crippen molar-refractivity contribution >= 4 is 45.4 Å². The van der Waals surface area contributed by atoms with Crippen LogP contribution in [0.2, 0.25) is 5.28 Å². The Morgan fingerprint density at radius 3 is 2.60 bits per heavy atom. The Labute approximate surface area is 153 Å². The summed E-state index contributed by atoms with van der Waals surface area (Å²) >= 11 is 7.33. The van der Waals surface area contributed by atoms with Crippen LogP contribution in [0.4, 0.5) is 0 Å². The van der Waals surface area contributed by atoms with Gasteiger partial charge in [0.1, 0.15) is 0 Å². The van der Waals surface area contributed by atoms with Crippen molar-refractivity contribution in [1.82, 2.24) is 14.9 Å². The van der Waals surface area contributed by atoms with Gasteiger partial charge in [0.05, 0.1) is 16.1 Å². The van der Waals surface area contributed by atoms with Crippen LogP contribution >= 0.6 is 22.9 Å². The van der Waals surface area contributed by atoms with E-state index in [1.165, 1.54) is 16.2 Å². The molecule has 0 saturated heterocycles. The molecule has 0 unspecified atom stereocenters. The second-order valence-corrected chi connectivity index (χ2v) is 6.83. The molecule has 0 fully saturated rings. The molecule has 2 aromatic heterocycles. The van der Waals surface area contributed by atoms with Gasteiger partial charge in [-0.05, 0) is 47.7 Å². The lowest BCUT2D eigenvalue weighted by atomic mass is 10.1. The van der Waals surface area contributed by atoms with Gasteiger partial charge in [-0.1, -0.05) is 6.07 Å². The second kappa shape index (κ2) is 8.04. The summed E-state index contributed by atoms with van der Waals surface area (Å²) in [5.41, 5.74) is 1.99. The molecule has 2 heterocycles. The molecule has 0 bridgehead atoms. The molecule has 0 aliphatic rings. The number of nitrogens with zero attached hydrogens (tertiary/aromatic N) is 3. The predicted octanol–water partition coefficient (Wildman–Crippen LogP) is 3.72. The highest BCUT2D eigenvalue weighted by atomic mass is 35.5. The minimum Gasteiger partial charge on any atom is -0.478 e. The number of carbonyl (C=O) groups excluding carboxylic acids is 1. The van der Waals surface area contributed by atoms with E-state index in [0.29, 0.717) is 0 Å². The fourth-order valence-electron chi connectivity index (χ4n) is 1.95. The van der Waals surface area contributed by atoms with E-state index in [1.807, 2.05) is 13.0 Å². The molecule has 0 spiro atoms. The highest BCUT2D eigenvalue weighted by Crippen LogP contribution is 2.34. The number of carbonyl (C=O) groups is 2. The van der Waals surface area contributed by atoms with Crippen LogP contribution in [0.1, 0.15) is 15.9 Å². The molecule has 1 N–H and O–H groups in total. The summed E-state index contributed by atoms with van der Waals surface area (Å²) in [6.07, 6.45) is 2.43. The van der Waals surface area contributed by atoms with Crippen molar-refractivity contribution < 1.29 is 14.7 Å². The first-order chi connectivity index (χ1) is 11.8. The molecule has 1 aromatic carbocycles. The molecule has 0 radical (unpaired) electrons. The summed E-state index contributed by atoms with van der Waals surface area (Å²) in [5.74, 6) is -0.928. The average Bonchev–Trinajstić information content (AvgIpc) is 3.00. The van der Waals surface area contributed by atoms with Crippen LogP contribution < -0.4 is 0 Å². The van der Waals surface area contributed by atoms with E-state index >= 15 is 0 Å². The smallest absolute Gasteiger partial charge is 0.335 e. The van der Waals surface area contributed by atoms with E-state index in [9.17, 15) is 9.59 Å². The second-order valence-electron chi connectivity index (χ2n) is 5.41. The van der Waals surface area contributed by atoms with Gasteiger partial charge in [0.15, 0.2) is 0 Å². The van der Waals surface area contributed by atoms with Crippen LogP contribution in [0.25, 0.3) is 20.7 Å². The van der Waals surface area contributed by atoms with Gasteiger partial charge in [-0.2, -0.15) is 0 Å². The normalized spacial score (nSPS) is 10.1. The van der Waals surface area contributed by atoms with Gasteiger partial charge < -0.3 is 10.0 Å². The number of fused-ring (bicyclic) bond motifs is 1. The number of aryl methyl sites for hydroxylation is 1. The summed E-state index contributed by atoms with van der Waals surface area (Å²) in [6, 6.07) is 7.05. The number of aromatic carboxylic acids is 1. The lowest BCUT2D eigenvalue weighted by Crippen LogP contribution is -2.06. The Bertz CT molecular complexity index is 925. The van der Waals surface area contributed by atoms with Gasteiger partial charge >= 0.3 is 5.97 Å². The zero-order valence-corrected chi connectivity index (χ0v) is 15.4. The SMILES string of the molecule is CN(C)C=O.Cc1cnc(Cl)nc1-c1cc2ccc(C(=O)O)cc2s1. The van der Waals surface area contributed by atoms with Gasteiger partial charge in [0.25, 0.3) is 0 Å². The molecular weight excluding hydrogens is 362 g/mol. The number of halogens is 1. The third-order valence-electron chi connectivity index (χ3n) is 3.15. The molecular formula is C17H16ClN3O3S. The van der Waals surface area contributed by atoms with Crippen molar-refractivity contribution in [2.24, 2.45) is 0 Å². The van der Waals surface area contributed by atoms with Gasteiger partial charge in [0.2, 0.25) is 11.7 Å². The number of rotatable bonds is 3. The first-order valence-electron chi connectivity index (χ1n) is 7.20. The molecule has 6 nitrogen and oxygen atoms in total. The number of hydrogen-bond donors (Lipinski definition) is 1. The van der Waals surface area contributed by atoms with Gasteiger partial charge in [0, 0.05) is 25.0 Å². The van der Waals surface area contributed by atoms with E-state index < -0.39 is 5.97 Å². The van der Waals surface area contributed by atoms with Crippen molar-refractivity contribution in [1.29, 1.82) is 0 Å². The van der Waals surface area contributed by atoms with Crippen LogP contribution in [0, 0.1) is 6.92 Å². The van der Waals surface area contributed by atoms with Crippen molar-refractivity contribution in [3.63, 3.8) is 0 Å². The van der Waals surface area contributed by atoms with Crippen LogP contribution in [0.5, 0.6) is 0 Å². The Kier molecular flexibility index (Phi) is 6.06. The van der Waals surface area contributed by atoms with E-state index in [0.717, 1.165) is 32.6 Å². The quantitative estimate of drug-likeness (QED) is 0.555. The highest BCUT2D eigenvalue weighted by Gasteiger charge is 2.11. The van der Waals surface area contributed by atoms with Crippen molar-refractivity contribution in [3.8, 4) is 10.6 Å². The molecule has 0 aliphatic carbocycles. The summed E-state index contributed by atoms with van der Waals surface area (Å²) in [5, 5.41) is 10.2. The maximum absolute atomic E-state index is 11.0. The van der Waals surface area contributed by atoms with E-state index in [1.54, 1.807) is 38.5 Å². The number of carboxylic acids is 1. The van der Waals surface area contributed by atoms with Gasteiger partial charge in [-0.15, -0.1) is 11.3 Å². The standard InChI is InChI=1S/C14H9ClN2O2S.C3H7NO/c1-7-6-16-14(15)17-12(7)11-4-8-2-3-9(13(18)19)5-10(8)20-11;1-4(2)3-5/h2-6H,1H3,(H,18,19);3H,1-2H3. The number of hydrogen-bond acceptors (Lipinski definition) is 5. The van der Waals surface area contributed by atoms with Crippen LogP contribution in [0.3, 0.4) is 0 Å². The van der Waals surface area contributed by atoms with Crippen molar-refractivity contribution in [3.05, 3.63) is 46.9 Å². The molecule has 3 rings (SSSR count). The summed E-state index contributed by atoms with van der Waals surface area (Å²) < 4.78 is 0.911. The Hall–Kier alpha value is -2.51. The predicted molar refractivity (Wildman–Crippen MR) is 99.3 cm³/mol. The maximum atomic E-state index is 11.0. The Morgan fingerprint density at radius 2 is 2.00 bits per heavy atom. The van der Waals surface area contributed by atoms with Crippen molar-refractivity contribution in [2.75, 3.05) is 14.1 Å². The van der Waals surface area contributed by atoms with E-state index in [2.05, 4.69) is 9.97 Å². The highest BCUT2D eigenvalue weighted by molar-refractivity contribution is 7.22. The zero-order chi connectivity index (χ0) is 18.6. The van der Waals surface area contributed by atoms with Crippen LogP contribution in [-0.4, -0.2) is 46.4 Å². The number of carboxylic acid groups (broad SMARTS) is 1. The molecule has 25 heavy (non-hydrogen) atoms. The lowest BCUT2D eigenvalue weighted by Gasteiger charge is -2.00. The Morgan fingerprint density at radius 1 is 1.32 bits per heavy atom. The van der Waals surface area contributed by atoms with Crippen LogP contribution in [0.15, 0.2) is 30.5 Å². The summed E-state index contributed by atoms with van der Waals surface area (Å²) in [7, 11) is 3.38. The first-order valence-corrected chi connectivity index (χ1v) is 8.39. The van der Waals surface area contributed by atoms with Gasteiger partial charge in [-0.3, -0.25) is 4.79 Å². The summed E-state index contributed by atoms with van der Waals surface area (Å²) in [4.78, 5) is 31.0. The lowest BCUT2D eigenvalue weighted by molar-refractivity contribution is -0.115. The number of amides is 1. The number of aromatic nitrogens is 2. The maximum Gasteiger partial charge on any atom is 0.335 e. The summed E-state index contributed by atoms with van der Waals surface area (Å²) in [6.45, 7) is 1.92. The number of thiophene rings is 1. The molecule has 8 heteroatoms. The molecule has 0 atom stereocenters. The minimum absolute atomic E-state index is 0.203. The van der Waals surface area contributed by atoms with E-state index in [4.69, 9.17) is 16.7 Å². The van der Waals surface area contributed by atoms with Gasteiger partial charge in [-0.25, -0.2) is 14.8 Å². The average molecular weight is 378 g/mol. The molecule has 130 valence electrons. The topological polar surface area (TPSA) is 83.4 Å². The molecule has 0 saturated carbocycles. The molecule has 0 aliphatic heterocycles. The van der Waals surface area contributed by atoms with Crippen LogP contribution in [-0.2, 0) is 4.79 Å². The third-order valence-corrected chi connectivity index (χ3v) is 4.44. The molecule has 3 aromatic rings. The monoisotopic (exact) mass is 377 g/mol. The zero-order valence-electron chi connectivity index (χ0n) is 13.9. The number of benzene rings is 1. The minimum atomic E-state index is -0.928. The van der Waals surface area contributed by atoms with E-state index in [-0.39, 0.29) is 10.8 Å². The molecule has 1 amide bonds.